The van der Waals surface area contributed by atoms with Crippen LogP contribution >= 0.6 is 0 Å². The van der Waals surface area contributed by atoms with Crippen molar-refractivity contribution in [3.8, 4) is 0 Å². The molecule has 2 N–H and O–H groups in total. The highest BCUT2D eigenvalue weighted by Crippen LogP contribution is 2.18. The number of carboxylic acids is 1. The maximum atomic E-state index is 12.1. The van der Waals surface area contributed by atoms with Crippen molar-refractivity contribution in [1.82, 2.24) is 9.97 Å². The maximum absolute atomic E-state index is 12.1. The number of benzene rings is 1. The minimum atomic E-state index is -3.88. The zero-order valence-corrected chi connectivity index (χ0v) is 11.3. The average molecular weight is 293 g/mol. The lowest BCUT2D eigenvalue weighted by molar-refractivity contribution is 0.0696. The van der Waals surface area contributed by atoms with E-state index in [-0.39, 0.29) is 16.1 Å². The molecule has 20 heavy (non-hydrogen) atoms. The van der Waals surface area contributed by atoms with Gasteiger partial charge in [-0.1, -0.05) is 6.07 Å². The van der Waals surface area contributed by atoms with Crippen molar-refractivity contribution >= 4 is 21.7 Å². The van der Waals surface area contributed by atoms with E-state index in [0.717, 1.165) is 6.07 Å². The van der Waals surface area contributed by atoms with E-state index in [0.29, 0.717) is 5.56 Å². The Kier molecular flexibility index (Phi) is 3.66. The molecule has 7 nitrogen and oxygen atoms in total. The van der Waals surface area contributed by atoms with Crippen LogP contribution in [0.2, 0.25) is 0 Å². The van der Waals surface area contributed by atoms with E-state index in [1.165, 1.54) is 30.9 Å². The van der Waals surface area contributed by atoms with Gasteiger partial charge in [0.25, 0.3) is 10.0 Å². The summed E-state index contributed by atoms with van der Waals surface area (Å²) in [5.41, 5.74) is 0.627. The lowest BCUT2D eigenvalue weighted by Crippen LogP contribution is -2.14. The number of aromatic carboxylic acids is 1. The monoisotopic (exact) mass is 293 g/mol. The molecule has 8 heteroatoms. The van der Waals surface area contributed by atoms with E-state index in [2.05, 4.69) is 14.7 Å². The number of aryl methyl sites for hydroxylation is 1. The number of hydrogen-bond donors (Lipinski definition) is 2. The molecule has 0 aliphatic heterocycles. The van der Waals surface area contributed by atoms with E-state index in [1.807, 2.05) is 0 Å². The van der Waals surface area contributed by atoms with Crippen molar-refractivity contribution in [3.63, 3.8) is 0 Å². The molecule has 0 fully saturated rings. The van der Waals surface area contributed by atoms with Crippen molar-refractivity contribution in [2.24, 2.45) is 0 Å². The number of carboxylic acid groups (broad SMARTS) is 1. The lowest BCUT2D eigenvalue weighted by atomic mass is 10.1. The summed E-state index contributed by atoms with van der Waals surface area (Å²) >= 11 is 0. The smallest absolute Gasteiger partial charge is 0.335 e. The fourth-order valence-corrected chi connectivity index (χ4v) is 2.62. The minimum absolute atomic E-state index is 0.0582. The van der Waals surface area contributed by atoms with Crippen LogP contribution in [0.15, 0.2) is 41.8 Å². The fraction of sp³-hybridized carbons (Fsp3) is 0.0833. The Morgan fingerprint density at radius 2 is 1.90 bits per heavy atom. The van der Waals surface area contributed by atoms with Gasteiger partial charge in [0.2, 0.25) is 0 Å². The molecular weight excluding hydrogens is 282 g/mol. The summed E-state index contributed by atoms with van der Waals surface area (Å²) in [6.45, 7) is 1.60. The zero-order valence-electron chi connectivity index (χ0n) is 10.4. The second-order valence-electron chi connectivity index (χ2n) is 4.01. The second kappa shape index (κ2) is 5.25. The van der Waals surface area contributed by atoms with Crippen molar-refractivity contribution in [2.75, 3.05) is 4.72 Å². The van der Waals surface area contributed by atoms with Crippen LogP contribution < -0.4 is 4.72 Å². The molecule has 104 valence electrons. The molecule has 0 saturated heterocycles. The van der Waals surface area contributed by atoms with Gasteiger partial charge in [-0.2, -0.15) is 0 Å². The Balaban J connectivity index is 2.40. The van der Waals surface area contributed by atoms with E-state index in [1.54, 1.807) is 6.92 Å². The number of carbonyl (C=O) groups is 1. The van der Waals surface area contributed by atoms with E-state index in [4.69, 9.17) is 5.11 Å². The number of hydrogen-bond acceptors (Lipinski definition) is 5. The molecule has 0 saturated carbocycles. The quantitative estimate of drug-likeness (QED) is 0.879. The lowest BCUT2D eigenvalue weighted by Gasteiger charge is -2.09. The first-order valence-corrected chi connectivity index (χ1v) is 7.00. The summed E-state index contributed by atoms with van der Waals surface area (Å²) in [4.78, 5) is 18.3. The second-order valence-corrected chi connectivity index (χ2v) is 5.70. The number of nitrogens with one attached hydrogen (secondary N) is 1. The molecular formula is C12H11N3O4S. The fourth-order valence-electron chi connectivity index (χ4n) is 1.56. The molecule has 0 unspecified atom stereocenters. The molecule has 0 spiro atoms. The molecule has 1 aromatic heterocycles. The largest absolute Gasteiger partial charge is 0.478 e. The van der Waals surface area contributed by atoms with Gasteiger partial charge in [-0.05, 0) is 24.6 Å². The first kappa shape index (κ1) is 13.9. The summed E-state index contributed by atoms with van der Waals surface area (Å²) in [5, 5.41) is 9.01. The molecule has 2 aromatic rings. The van der Waals surface area contributed by atoms with E-state index >= 15 is 0 Å². The van der Waals surface area contributed by atoms with Crippen LogP contribution in [0.5, 0.6) is 0 Å². The van der Waals surface area contributed by atoms with E-state index < -0.39 is 16.0 Å². The van der Waals surface area contributed by atoms with Crippen LogP contribution in [0.1, 0.15) is 15.9 Å². The van der Waals surface area contributed by atoms with Gasteiger partial charge in [0.15, 0.2) is 0 Å². The third-order valence-corrected chi connectivity index (χ3v) is 3.94. The standard InChI is InChI=1S/C12H11N3O4S/c1-8-2-3-10(4-11(8)12(16)17)20(18,19)15-9-5-13-7-14-6-9/h2-7,15H,1H3,(H,16,17). The van der Waals surface area contributed by atoms with Crippen LogP contribution in [0, 0.1) is 6.92 Å². The first-order valence-electron chi connectivity index (χ1n) is 5.52. The van der Waals surface area contributed by atoms with Crippen molar-refractivity contribution in [3.05, 3.63) is 48.0 Å². The van der Waals surface area contributed by atoms with E-state index in [9.17, 15) is 13.2 Å². The SMILES string of the molecule is Cc1ccc(S(=O)(=O)Nc2cncnc2)cc1C(=O)O. The highest BCUT2D eigenvalue weighted by atomic mass is 32.2. The van der Waals surface area contributed by atoms with Crippen molar-refractivity contribution in [2.45, 2.75) is 11.8 Å². The Morgan fingerprint density at radius 3 is 2.50 bits per heavy atom. The Labute approximate surface area is 115 Å². The molecule has 0 bridgehead atoms. The minimum Gasteiger partial charge on any atom is -0.478 e. The third-order valence-electron chi connectivity index (χ3n) is 2.56. The van der Waals surface area contributed by atoms with Crippen molar-refractivity contribution in [1.29, 1.82) is 0 Å². The van der Waals surface area contributed by atoms with Crippen LogP contribution in [-0.4, -0.2) is 29.5 Å². The van der Waals surface area contributed by atoms with Crippen molar-refractivity contribution < 1.29 is 18.3 Å². The molecule has 0 atom stereocenters. The average Bonchev–Trinajstić information content (AvgIpc) is 2.39. The molecule has 1 heterocycles. The summed E-state index contributed by atoms with van der Waals surface area (Å²) in [6.07, 6.45) is 3.87. The summed E-state index contributed by atoms with van der Waals surface area (Å²) in [6, 6.07) is 3.90. The predicted molar refractivity (Wildman–Crippen MR) is 71.0 cm³/mol. The highest BCUT2D eigenvalue weighted by Gasteiger charge is 2.18. The summed E-state index contributed by atoms with van der Waals surface area (Å²) in [5.74, 6) is -1.18. The number of nitrogens with zero attached hydrogens (tertiary/aromatic N) is 2. The Morgan fingerprint density at radius 1 is 1.25 bits per heavy atom. The van der Waals surface area contributed by atoms with Gasteiger partial charge in [0.1, 0.15) is 6.33 Å². The number of rotatable bonds is 4. The maximum Gasteiger partial charge on any atom is 0.335 e. The number of anilines is 1. The Bertz CT molecular complexity index is 745. The van der Waals surface area contributed by atoms with Gasteiger partial charge in [0, 0.05) is 0 Å². The highest BCUT2D eigenvalue weighted by molar-refractivity contribution is 7.92. The molecule has 0 aliphatic carbocycles. The molecule has 0 radical (unpaired) electrons. The molecule has 1 aromatic carbocycles. The van der Waals surface area contributed by atoms with Gasteiger partial charge in [-0.25, -0.2) is 23.2 Å². The van der Waals surface area contributed by atoms with Gasteiger partial charge in [-0.3, -0.25) is 4.72 Å². The van der Waals surface area contributed by atoms with Crippen LogP contribution in [0.4, 0.5) is 5.69 Å². The number of aromatic nitrogens is 2. The topological polar surface area (TPSA) is 109 Å². The zero-order chi connectivity index (χ0) is 14.8. The van der Waals surface area contributed by atoms with Crippen LogP contribution in [0.25, 0.3) is 0 Å². The first-order chi connectivity index (χ1) is 9.40. The van der Waals surface area contributed by atoms with Crippen LogP contribution in [0.3, 0.4) is 0 Å². The Hall–Kier alpha value is -2.48. The molecule has 2 rings (SSSR count). The normalized spacial score (nSPS) is 11.1. The molecule has 0 amide bonds. The summed E-state index contributed by atoms with van der Waals surface area (Å²) in [7, 11) is -3.88. The van der Waals surface area contributed by atoms with Crippen LogP contribution in [-0.2, 0) is 10.0 Å². The van der Waals surface area contributed by atoms with Gasteiger partial charge >= 0.3 is 5.97 Å². The summed E-state index contributed by atoms with van der Waals surface area (Å²) < 4.78 is 26.5. The third kappa shape index (κ3) is 2.91. The van der Waals surface area contributed by atoms with Gasteiger partial charge in [-0.15, -0.1) is 0 Å². The van der Waals surface area contributed by atoms with Gasteiger partial charge < -0.3 is 5.11 Å². The van der Waals surface area contributed by atoms with Gasteiger partial charge in [0.05, 0.1) is 28.5 Å². The predicted octanol–water partition coefficient (Wildman–Crippen LogP) is 1.28. The molecule has 0 aliphatic rings. The number of sulfonamides is 1.